The Morgan fingerprint density at radius 1 is 1.15 bits per heavy atom. The number of alkyl halides is 1. The molecule has 0 unspecified atom stereocenters. The number of carbonyl (C=O) groups is 1. The number of aromatic amines is 1. The van der Waals surface area contributed by atoms with Gasteiger partial charge in [0.2, 0.25) is 6.86 Å². The van der Waals surface area contributed by atoms with Crippen molar-refractivity contribution in [3.8, 4) is 5.75 Å². The Morgan fingerprint density at radius 3 is 2.32 bits per heavy atom. The molecule has 0 aliphatic heterocycles. The molecular weight excluding hydrogens is 453 g/mol. The number of fused-ring (bicyclic) bond motifs is 1. The van der Waals surface area contributed by atoms with Crippen LogP contribution in [0.1, 0.15) is 72.1 Å². The minimum Gasteiger partial charge on any atom is -0.463 e. The third-order valence-electron chi connectivity index (χ3n) is 5.11. The normalized spacial score (nSPS) is 12.8. The van der Waals surface area contributed by atoms with E-state index in [1.165, 1.54) is 0 Å². The zero-order chi connectivity index (χ0) is 25.8. The molecule has 0 radical (unpaired) electrons. The molecule has 0 fully saturated rings. The highest BCUT2D eigenvalue weighted by atomic mass is 32.2. The van der Waals surface area contributed by atoms with E-state index in [1.54, 1.807) is 23.9 Å². The molecule has 1 aromatic heterocycles. The van der Waals surface area contributed by atoms with Crippen LogP contribution in [0.25, 0.3) is 0 Å². The van der Waals surface area contributed by atoms with Gasteiger partial charge in [-0.25, -0.2) is 9.37 Å². The van der Waals surface area contributed by atoms with Crippen LogP contribution in [0.2, 0.25) is 0 Å². The first-order valence-corrected chi connectivity index (χ1v) is 12.6. The molecule has 6 nitrogen and oxygen atoms in total. The summed E-state index contributed by atoms with van der Waals surface area (Å²) in [5, 5.41) is 3.62. The fraction of sp³-hybridized carbons (Fsp3) is 0.577. The highest BCUT2D eigenvalue weighted by Crippen LogP contribution is 2.39. The summed E-state index contributed by atoms with van der Waals surface area (Å²) in [6.07, 6.45) is 5.64. The van der Waals surface area contributed by atoms with Crippen molar-refractivity contribution in [3.63, 3.8) is 0 Å². The van der Waals surface area contributed by atoms with Crippen LogP contribution in [0.5, 0.6) is 5.75 Å². The number of thioether (sulfide) groups is 1. The zero-order valence-electron chi connectivity index (χ0n) is 21.6. The fourth-order valence-corrected chi connectivity index (χ4v) is 5.11. The third-order valence-corrected chi connectivity index (χ3v) is 6.19. The molecule has 1 aromatic carbocycles. The SMILES string of the molecule is CC.CC(C)(C=O)CC(C)(C)Sc1nc2c(c(=O)[nH]1)CCCC2.CNc1ccc(OCF)cc1. The highest BCUT2D eigenvalue weighted by Gasteiger charge is 2.30. The van der Waals surface area contributed by atoms with Gasteiger partial charge in [0.05, 0.1) is 5.69 Å². The van der Waals surface area contributed by atoms with Crippen molar-refractivity contribution in [1.82, 2.24) is 9.97 Å². The Kier molecular flexibility index (Phi) is 12.3. The average Bonchev–Trinajstić information content (AvgIpc) is 2.80. The summed E-state index contributed by atoms with van der Waals surface area (Å²) in [5.41, 5.74) is 2.43. The second-order valence-electron chi connectivity index (χ2n) is 9.18. The molecule has 0 saturated carbocycles. The lowest BCUT2D eigenvalue weighted by Crippen LogP contribution is -2.28. The van der Waals surface area contributed by atoms with Gasteiger partial charge in [0, 0.05) is 28.5 Å². The van der Waals surface area contributed by atoms with Gasteiger partial charge >= 0.3 is 0 Å². The Hall–Kier alpha value is -2.35. The van der Waals surface area contributed by atoms with Gasteiger partial charge in [-0.2, -0.15) is 0 Å². The number of carbonyl (C=O) groups excluding carboxylic acids is 1. The second-order valence-corrected chi connectivity index (χ2v) is 10.9. The van der Waals surface area contributed by atoms with Gasteiger partial charge in [-0.15, -0.1) is 0 Å². The van der Waals surface area contributed by atoms with Crippen LogP contribution in [0.3, 0.4) is 0 Å². The lowest BCUT2D eigenvalue weighted by Gasteiger charge is -2.30. The monoisotopic (exact) mass is 493 g/mol. The standard InChI is InChI=1S/C16H24N2O2S.C8H10FNO.C2H6/c1-15(2,10-19)9-16(3,4)21-14-17-12-8-6-5-7-11(12)13(20)18-14;1-10-7-2-4-8(5-3-7)11-6-9;1-2/h10H,5-9H2,1-4H3,(H,17,18,20);2-5,10H,6H2,1H3;1-2H3. The fourth-order valence-electron chi connectivity index (χ4n) is 3.85. The van der Waals surface area contributed by atoms with E-state index in [0.717, 1.165) is 55.3 Å². The van der Waals surface area contributed by atoms with Gasteiger partial charge < -0.3 is 19.8 Å². The quantitative estimate of drug-likeness (QED) is 0.259. The van der Waals surface area contributed by atoms with Crippen molar-refractivity contribution in [3.05, 3.63) is 45.9 Å². The lowest BCUT2D eigenvalue weighted by atomic mass is 9.85. The number of nitrogens with one attached hydrogen (secondary N) is 2. The summed E-state index contributed by atoms with van der Waals surface area (Å²) in [5.74, 6) is 0.548. The van der Waals surface area contributed by atoms with Gasteiger partial charge in [0.25, 0.3) is 5.56 Å². The number of ether oxygens (including phenoxy) is 1. The predicted molar refractivity (Wildman–Crippen MR) is 140 cm³/mol. The number of hydrogen-bond donors (Lipinski definition) is 2. The molecule has 1 aliphatic carbocycles. The smallest absolute Gasteiger partial charge is 0.254 e. The van der Waals surface area contributed by atoms with Crippen LogP contribution in [0.4, 0.5) is 10.1 Å². The molecule has 1 heterocycles. The van der Waals surface area contributed by atoms with Crippen molar-refractivity contribution in [1.29, 1.82) is 0 Å². The predicted octanol–water partition coefficient (Wildman–Crippen LogP) is 6.19. The topological polar surface area (TPSA) is 84.1 Å². The minimum atomic E-state index is -0.779. The highest BCUT2D eigenvalue weighted by molar-refractivity contribution is 8.00. The number of aldehydes is 1. The maximum atomic E-state index is 12.1. The third kappa shape index (κ3) is 9.87. The first kappa shape index (κ1) is 29.7. The summed E-state index contributed by atoms with van der Waals surface area (Å²) in [7, 11) is 1.82. The van der Waals surface area contributed by atoms with E-state index >= 15 is 0 Å². The number of aryl methyl sites for hydroxylation is 1. The van der Waals surface area contributed by atoms with Crippen LogP contribution in [-0.2, 0) is 17.6 Å². The van der Waals surface area contributed by atoms with Crippen LogP contribution in [-0.4, -0.2) is 34.9 Å². The van der Waals surface area contributed by atoms with Gasteiger partial charge in [-0.05, 0) is 56.4 Å². The maximum absolute atomic E-state index is 12.1. The first-order chi connectivity index (χ1) is 16.1. The first-order valence-electron chi connectivity index (χ1n) is 11.8. The molecule has 1 aliphatic rings. The van der Waals surface area contributed by atoms with Crippen LogP contribution >= 0.6 is 11.8 Å². The molecule has 3 rings (SSSR count). The Balaban J connectivity index is 0.000000374. The summed E-state index contributed by atoms with van der Waals surface area (Å²) in [6.45, 7) is 11.3. The van der Waals surface area contributed by atoms with E-state index in [-0.39, 0.29) is 15.7 Å². The number of rotatable bonds is 8. The van der Waals surface area contributed by atoms with Gasteiger partial charge in [-0.1, -0.05) is 53.3 Å². The average molecular weight is 494 g/mol. The Bertz CT molecular complexity index is 943. The number of benzene rings is 1. The van der Waals surface area contributed by atoms with E-state index in [1.807, 2.05) is 46.9 Å². The number of anilines is 1. The summed E-state index contributed by atoms with van der Waals surface area (Å²) in [4.78, 5) is 30.8. The zero-order valence-corrected chi connectivity index (χ0v) is 22.4. The van der Waals surface area contributed by atoms with Crippen LogP contribution in [0, 0.1) is 5.41 Å². The van der Waals surface area contributed by atoms with Crippen molar-refractivity contribution in [2.45, 2.75) is 83.5 Å². The molecule has 0 saturated heterocycles. The summed E-state index contributed by atoms with van der Waals surface area (Å²) in [6, 6.07) is 7.08. The second kappa shape index (κ2) is 14.1. The Morgan fingerprint density at radius 2 is 1.76 bits per heavy atom. The number of aromatic nitrogens is 2. The molecule has 2 aromatic rings. The maximum Gasteiger partial charge on any atom is 0.254 e. The largest absolute Gasteiger partial charge is 0.463 e. The molecule has 190 valence electrons. The molecule has 2 N–H and O–H groups in total. The van der Waals surface area contributed by atoms with Crippen molar-refractivity contribution in [2.75, 3.05) is 19.2 Å². The van der Waals surface area contributed by atoms with Gasteiger partial charge in [-0.3, -0.25) is 4.79 Å². The number of H-pyrrole nitrogens is 1. The van der Waals surface area contributed by atoms with Crippen molar-refractivity contribution >= 4 is 23.7 Å². The van der Waals surface area contributed by atoms with Crippen LogP contribution < -0.4 is 15.6 Å². The van der Waals surface area contributed by atoms with E-state index in [9.17, 15) is 14.0 Å². The van der Waals surface area contributed by atoms with Gasteiger partial charge in [0.15, 0.2) is 5.16 Å². The molecule has 0 bridgehead atoms. The molecular formula is C26H40FN3O3S. The molecule has 0 amide bonds. The minimum absolute atomic E-state index is 0.00708. The molecule has 34 heavy (non-hydrogen) atoms. The Labute approximate surface area is 207 Å². The number of nitrogens with zero attached hydrogens (tertiary/aromatic N) is 1. The van der Waals surface area contributed by atoms with Crippen molar-refractivity contribution < 1.29 is 13.9 Å². The van der Waals surface area contributed by atoms with E-state index in [2.05, 4.69) is 33.9 Å². The van der Waals surface area contributed by atoms with Crippen molar-refractivity contribution in [2.24, 2.45) is 5.41 Å². The molecule has 0 atom stereocenters. The van der Waals surface area contributed by atoms with Gasteiger partial charge in [0.1, 0.15) is 12.0 Å². The number of hydrogen-bond acceptors (Lipinski definition) is 6. The number of halogens is 1. The summed E-state index contributed by atoms with van der Waals surface area (Å²) < 4.78 is 16.1. The molecule has 0 spiro atoms. The van der Waals surface area contributed by atoms with E-state index in [0.29, 0.717) is 10.9 Å². The molecule has 8 heteroatoms. The summed E-state index contributed by atoms with van der Waals surface area (Å²) >= 11 is 1.55. The van der Waals surface area contributed by atoms with E-state index < -0.39 is 6.86 Å². The van der Waals surface area contributed by atoms with E-state index in [4.69, 9.17) is 0 Å². The lowest BCUT2D eigenvalue weighted by molar-refractivity contribution is -0.115. The van der Waals surface area contributed by atoms with Crippen LogP contribution in [0.15, 0.2) is 34.2 Å².